The third kappa shape index (κ3) is 2.13. The molecule has 0 atom stereocenters. The second-order valence-electron chi connectivity index (χ2n) is 3.47. The number of rotatable bonds is 2. The van der Waals surface area contributed by atoms with Gasteiger partial charge in [0.15, 0.2) is 0 Å². The SMILES string of the molecule is O=[N+]([O-])c1cccc(C2=CC=CCC2)c1. The first-order valence-electron chi connectivity index (χ1n) is 4.88. The molecule has 0 aliphatic heterocycles. The number of hydrogen-bond acceptors (Lipinski definition) is 2. The summed E-state index contributed by atoms with van der Waals surface area (Å²) in [7, 11) is 0. The zero-order valence-electron chi connectivity index (χ0n) is 8.22. The second kappa shape index (κ2) is 4.09. The van der Waals surface area contributed by atoms with Crippen LogP contribution in [0.2, 0.25) is 0 Å². The number of nitro groups is 1. The molecule has 0 radical (unpaired) electrons. The summed E-state index contributed by atoms with van der Waals surface area (Å²) in [5.41, 5.74) is 2.28. The van der Waals surface area contributed by atoms with Crippen molar-refractivity contribution in [3.63, 3.8) is 0 Å². The first-order chi connectivity index (χ1) is 7.27. The van der Waals surface area contributed by atoms with Crippen molar-refractivity contribution in [2.45, 2.75) is 12.8 Å². The van der Waals surface area contributed by atoms with E-state index >= 15 is 0 Å². The lowest BCUT2D eigenvalue weighted by atomic mass is 9.97. The van der Waals surface area contributed by atoms with Gasteiger partial charge in [-0.15, -0.1) is 0 Å². The fraction of sp³-hybridized carbons (Fsp3) is 0.167. The maximum absolute atomic E-state index is 10.6. The fourth-order valence-electron chi connectivity index (χ4n) is 1.66. The summed E-state index contributed by atoms with van der Waals surface area (Å²) in [6.45, 7) is 0. The van der Waals surface area contributed by atoms with Crippen LogP contribution in [0.5, 0.6) is 0 Å². The lowest BCUT2D eigenvalue weighted by Gasteiger charge is -2.08. The van der Waals surface area contributed by atoms with Crippen LogP contribution < -0.4 is 0 Å². The summed E-state index contributed by atoms with van der Waals surface area (Å²) in [5.74, 6) is 0. The van der Waals surface area contributed by atoms with E-state index in [1.54, 1.807) is 12.1 Å². The van der Waals surface area contributed by atoms with Crippen LogP contribution in [0.25, 0.3) is 5.57 Å². The number of nitrogens with zero attached hydrogens (tertiary/aromatic N) is 1. The topological polar surface area (TPSA) is 43.1 Å². The van der Waals surface area contributed by atoms with E-state index < -0.39 is 0 Å². The van der Waals surface area contributed by atoms with Gasteiger partial charge in [0, 0.05) is 12.1 Å². The van der Waals surface area contributed by atoms with Crippen molar-refractivity contribution < 1.29 is 4.92 Å². The van der Waals surface area contributed by atoms with Gasteiger partial charge in [0.05, 0.1) is 4.92 Å². The van der Waals surface area contributed by atoms with E-state index in [4.69, 9.17) is 0 Å². The lowest BCUT2D eigenvalue weighted by molar-refractivity contribution is -0.384. The van der Waals surface area contributed by atoms with Crippen molar-refractivity contribution in [3.8, 4) is 0 Å². The Labute approximate surface area is 87.9 Å². The molecule has 1 aromatic rings. The molecule has 0 bridgehead atoms. The average molecular weight is 201 g/mol. The normalized spacial score (nSPS) is 14.8. The molecule has 0 amide bonds. The highest BCUT2D eigenvalue weighted by Gasteiger charge is 2.08. The predicted octanol–water partition coefficient (Wildman–Crippen LogP) is 3.33. The molecule has 0 saturated carbocycles. The van der Waals surface area contributed by atoms with E-state index in [9.17, 15) is 10.1 Å². The summed E-state index contributed by atoms with van der Waals surface area (Å²) in [5, 5.41) is 10.6. The van der Waals surface area contributed by atoms with Crippen molar-refractivity contribution in [1.29, 1.82) is 0 Å². The van der Waals surface area contributed by atoms with Gasteiger partial charge in [-0.1, -0.05) is 30.4 Å². The van der Waals surface area contributed by atoms with Gasteiger partial charge in [0.2, 0.25) is 0 Å². The monoisotopic (exact) mass is 201 g/mol. The minimum Gasteiger partial charge on any atom is -0.258 e. The molecule has 0 unspecified atom stereocenters. The van der Waals surface area contributed by atoms with Gasteiger partial charge in [-0.25, -0.2) is 0 Å². The minimum absolute atomic E-state index is 0.156. The molecular formula is C12H11NO2. The summed E-state index contributed by atoms with van der Waals surface area (Å²) in [6, 6.07) is 6.79. The summed E-state index contributed by atoms with van der Waals surface area (Å²) in [4.78, 5) is 10.2. The Kier molecular flexibility index (Phi) is 2.63. The molecule has 1 aliphatic rings. The Morgan fingerprint density at radius 1 is 1.33 bits per heavy atom. The highest BCUT2D eigenvalue weighted by Crippen LogP contribution is 2.25. The zero-order valence-corrected chi connectivity index (χ0v) is 8.22. The Morgan fingerprint density at radius 3 is 2.87 bits per heavy atom. The highest BCUT2D eigenvalue weighted by molar-refractivity contribution is 5.69. The number of non-ortho nitro benzene ring substituents is 1. The third-order valence-corrected chi connectivity index (χ3v) is 2.44. The van der Waals surface area contributed by atoms with Crippen LogP contribution >= 0.6 is 0 Å². The Hall–Kier alpha value is -1.90. The van der Waals surface area contributed by atoms with Crippen LogP contribution in [0.15, 0.2) is 42.5 Å². The van der Waals surface area contributed by atoms with Crippen LogP contribution in [0, 0.1) is 10.1 Å². The average Bonchev–Trinajstić information content (AvgIpc) is 2.30. The quantitative estimate of drug-likeness (QED) is 0.544. The largest absolute Gasteiger partial charge is 0.270 e. The molecule has 0 heterocycles. The molecule has 0 aromatic heterocycles. The summed E-state index contributed by atoms with van der Waals surface area (Å²) >= 11 is 0. The molecule has 0 fully saturated rings. The van der Waals surface area contributed by atoms with E-state index in [-0.39, 0.29) is 10.6 Å². The molecule has 1 aromatic carbocycles. The molecule has 0 N–H and O–H groups in total. The van der Waals surface area contributed by atoms with Crippen molar-refractivity contribution in [1.82, 2.24) is 0 Å². The van der Waals surface area contributed by atoms with Crippen LogP contribution in [0.3, 0.4) is 0 Å². The van der Waals surface area contributed by atoms with Gasteiger partial charge in [0.25, 0.3) is 5.69 Å². The smallest absolute Gasteiger partial charge is 0.258 e. The van der Waals surface area contributed by atoms with Crippen molar-refractivity contribution in [2.75, 3.05) is 0 Å². The van der Waals surface area contributed by atoms with Crippen LogP contribution in [0.1, 0.15) is 18.4 Å². The molecule has 1 aliphatic carbocycles. The third-order valence-electron chi connectivity index (χ3n) is 2.44. The highest BCUT2D eigenvalue weighted by atomic mass is 16.6. The Balaban J connectivity index is 2.36. The summed E-state index contributed by atoms with van der Waals surface area (Å²) in [6.07, 6.45) is 8.08. The van der Waals surface area contributed by atoms with Crippen LogP contribution in [-0.4, -0.2) is 4.92 Å². The number of nitro benzene ring substituents is 1. The maximum Gasteiger partial charge on any atom is 0.270 e. The second-order valence-corrected chi connectivity index (χ2v) is 3.47. The molecule has 3 nitrogen and oxygen atoms in total. The first-order valence-corrected chi connectivity index (χ1v) is 4.88. The molecule has 2 rings (SSSR count). The fourth-order valence-corrected chi connectivity index (χ4v) is 1.66. The van der Waals surface area contributed by atoms with Crippen LogP contribution in [-0.2, 0) is 0 Å². The molecule has 0 spiro atoms. The Morgan fingerprint density at radius 2 is 2.20 bits per heavy atom. The van der Waals surface area contributed by atoms with E-state index in [1.165, 1.54) is 11.6 Å². The number of allylic oxidation sites excluding steroid dienone is 4. The van der Waals surface area contributed by atoms with Crippen molar-refractivity contribution in [3.05, 3.63) is 58.2 Å². The molecule has 76 valence electrons. The van der Waals surface area contributed by atoms with Gasteiger partial charge in [-0.3, -0.25) is 10.1 Å². The predicted molar refractivity (Wildman–Crippen MR) is 59.4 cm³/mol. The van der Waals surface area contributed by atoms with Gasteiger partial charge in [-0.05, 0) is 24.0 Å². The molecule has 15 heavy (non-hydrogen) atoms. The van der Waals surface area contributed by atoms with Gasteiger partial charge in [-0.2, -0.15) is 0 Å². The van der Waals surface area contributed by atoms with Gasteiger partial charge < -0.3 is 0 Å². The molecular weight excluding hydrogens is 190 g/mol. The van der Waals surface area contributed by atoms with Gasteiger partial charge >= 0.3 is 0 Å². The van der Waals surface area contributed by atoms with E-state index in [2.05, 4.69) is 6.08 Å². The maximum atomic E-state index is 10.6. The standard InChI is InChI=1S/C12H11NO2/c14-13(15)12-8-4-7-11(9-12)10-5-2-1-3-6-10/h1-2,4-5,7-9H,3,6H2. The zero-order chi connectivity index (χ0) is 10.7. The van der Waals surface area contributed by atoms with Crippen LogP contribution in [0.4, 0.5) is 5.69 Å². The van der Waals surface area contributed by atoms with E-state index in [0.717, 1.165) is 18.4 Å². The molecule has 0 saturated heterocycles. The lowest BCUT2D eigenvalue weighted by Crippen LogP contribution is -1.91. The molecule has 3 heteroatoms. The summed E-state index contributed by atoms with van der Waals surface area (Å²) < 4.78 is 0. The number of hydrogen-bond donors (Lipinski definition) is 0. The Bertz CT molecular complexity index is 447. The number of benzene rings is 1. The van der Waals surface area contributed by atoms with Crippen molar-refractivity contribution in [2.24, 2.45) is 0 Å². The first kappa shape index (κ1) is 9.65. The van der Waals surface area contributed by atoms with E-state index in [1.807, 2.05) is 18.2 Å². The van der Waals surface area contributed by atoms with Crippen molar-refractivity contribution >= 4 is 11.3 Å². The van der Waals surface area contributed by atoms with E-state index in [0.29, 0.717) is 0 Å². The minimum atomic E-state index is -0.358. The van der Waals surface area contributed by atoms with Gasteiger partial charge in [0.1, 0.15) is 0 Å².